The Morgan fingerprint density at radius 2 is 2.00 bits per heavy atom. The molecule has 0 spiro atoms. The Labute approximate surface area is 141 Å². The first kappa shape index (κ1) is 16.3. The zero-order chi connectivity index (χ0) is 17.1. The fraction of sp³-hybridized carbons (Fsp3) is 0.333. The number of nitrogens with one attached hydrogen (secondary N) is 1. The molecule has 0 fully saturated rings. The van der Waals surface area contributed by atoms with Gasteiger partial charge in [-0.05, 0) is 38.0 Å². The molecule has 126 valence electrons. The Kier molecular flexibility index (Phi) is 4.66. The highest BCUT2D eigenvalue weighted by Crippen LogP contribution is 2.33. The molecule has 0 unspecified atom stereocenters. The molecule has 2 aromatic heterocycles. The summed E-state index contributed by atoms with van der Waals surface area (Å²) in [4.78, 5) is 8.89. The average Bonchev–Trinajstić information content (AvgIpc) is 2.85. The summed E-state index contributed by atoms with van der Waals surface area (Å²) in [6.45, 7) is 5.04. The number of ether oxygens (including phenoxy) is 1. The number of methoxy groups -OCH3 is 1. The lowest BCUT2D eigenvalue weighted by atomic mass is 10.2. The number of aromatic nitrogens is 3. The van der Waals surface area contributed by atoms with E-state index in [0.29, 0.717) is 6.42 Å². The molecule has 3 rings (SSSR count). The van der Waals surface area contributed by atoms with E-state index < -0.39 is 0 Å². The van der Waals surface area contributed by atoms with Gasteiger partial charge in [0.2, 0.25) is 0 Å². The molecule has 2 heterocycles. The van der Waals surface area contributed by atoms with E-state index in [1.807, 2.05) is 24.3 Å². The number of aliphatic hydroxyl groups is 1. The van der Waals surface area contributed by atoms with Crippen LogP contribution in [-0.4, -0.2) is 33.4 Å². The third kappa shape index (κ3) is 2.80. The second-order valence-electron chi connectivity index (χ2n) is 5.69. The van der Waals surface area contributed by atoms with Crippen LogP contribution < -0.4 is 10.1 Å². The summed E-state index contributed by atoms with van der Waals surface area (Å²) >= 11 is 0. The van der Waals surface area contributed by atoms with E-state index in [-0.39, 0.29) is 6.61 Å². The summed E-state index contributed by atoms with van der Waals surface area (Å²) in [6.07, 6.45) is 2.26. The molecule has 0 aliphatic heterocycles. The van der Waals surface area contributed by atoms with Gasteiger partial charge in [0.1, 0.15) is 23.5 Å². The normalized spacial score (nSPS) is 11.0. The van der Waals surface area contributed by atoms with Crippen molar-refractivity contribution in [3.8, 4) is 5.75 Å². The number of hydrogen-bond acceptors (Lipinski definition) is 5. The van der Waals surface area contributed by atoms with E-state index in [2.05, 4.69) is 33.7 Å². The number of fused-ring (bicyclic) bond motifs is 1. The number of hydrogen-bond donors (Lipinski definition) is 2. The van der Waals surface area contributed by atoms with Gasteiger partial charge in [0.25, 0.3) is 0 Å². The lowest BCUT2D eigenvalue weighted by Gasteiger charge is -2.11. The molecule has 6 heteroatoms. The van der Waals surface area contributed by atoms with Gasteiger partial charge in [0.15, 0.2) is 0 Å². The summed E-state index contributed by atoms with van der Waals surface area (Å²) in [5.74, 6) is 1.52. The quantitative estimate of drug-likeness (QED) is 0.728. The molecule has 6 nitrogen and oxygen atoms in total. The van der Waals surface area contributed by atoms with E-state index in [9.17, 15) is 0 Å². The van der Waals surface area contributed by atoms with Gasteiger partial charge in [0.05, 0.1) is 18.2 Å². The second kappa shape index (κ2) is 6.88. The molecule has 0 aliphatic rings. The second-order valence-corrected chi connectivity index (χ2v) is 5.69. The van der Waals surface area contributed by atoms with Gasteiger partial charge in [-0.2, -0.15) is 0 Å². The van der Waals surface area contributed by atoms with Crippen molar-refractivity contribution >= 4 is 22.5 Å². The minimum atomic E-state index is 0.162. The van der Waals surface area contributed by atoms with Crippen LogP contribution in [0.2, 0.25) is 0 Å². The molecule has 1 aromatic carbocycles. The van der Waals surface area contributed by atoms with Gasteiger partial charge in [-0.15, -0.1) is 0 Å². The van der Waals surface area contributed by atoms with Crippen LogP contribution in [0.4, 0.5) is 11.5 Å². The van der Waals surface area contributed by atoms with Gasteiger partial charge in [0, 0.05) is 18.8 Å². The smallest absolute Gasteiger partial charge is 0.145 e. The maximum Gasteiger partial charge on any atom is 0.145 e. The van der Waals surface area contributed by atoms with Gasteiger partial charge in [-0.3, -0.25) is 0 Å². The Morgan fingerprint density at radius 1 is 1.21 bits per heavy atom. The van der Waals surface area contributed by atoms with Crippen molar-refractivity contribution in [1.82, 2.24) is 14.5 Å². The molecule has 0 atom stereocenters. The lowest BCUT2D eigenvalue weighted by molar-refractivity contribution is 0.280. The highest BCUT2D eigenvalue weighted by atomic mass is 16.5. The third-order valence-electron chi connectivity index (χ3n) is 4.31. The number of anilines is 2. The van der Waals surface area contributed by atoms with Crippen molar-refractivity contribution in [1.29, 1.82) is 0 Å². The summed E-state index contributed by atoms with van der Waals surface area (Å²) in [5.41, 5.74) is 4.02. The van der Waals surface area contributed by atoms with E-state index in [0.717, 1.165) is 46.1 Å². The minimum absolute atomic E-state index is 0.162. The minimum Gasteiger partial charge on any atom is -0.495 e. The molecular weight excluding hydrogens is 304 g/mol. The van der Waals surface area contributed by atoms with Gasteiger partial charge < -0.3 is 19.7 Å². The maximum absolute atomic E-state index is 9.13. The highest BCUT2D eigenvalue weighted by Gasteiger charge is 2.17. The Hall–Kier alpha value is -2.60. The van der Waals surface area contributed by atoms with Crippen LogP contribution in [0.15, 0.2) is 30.6 Å². The Bertz CT molecular complexity index is 858. The SMILES string of the molecule is COc1ccccc1Nc1ncnc2c1c(C)c(C)n2CCCO. The summed E-state index contributed by atoms with van der Waals surface area (Å²) in [6, 6.07) is 7.75. The van der Waals surface area contributed by atoms with Crippen LogP contribution in [0.3, 0.4) is 0 Å². The third-order valence-corrected chi connectivity index (χ3v) is 4.31. The van der Waals surface area contributed by atoms with Gasteiger partial charge in [-0.1, -0.05) is 12.1 Å². The Balaban J connectivity index is 2.09. The van der Waals surface area contributed by atoms with E-state index in [1.54, 1.807) is 13.4 Å². The summed E-state index contributed by atoms with van der Waals surface area (Å²) in [7, 11) is 1.65. The lowest BCUT2D eigenvalue weighted by Crippen LogP contribution is -2.04. The number of aryl methyl sites for hydroxylation is 2. The van der Waals surface area contributed by atoms with Crippen molar-refractivity contribution in [2.75, 3.05) is 19.0 Å². The molecule has 0 saturated carbocycles. The number of aliphatic hydroxyl groups excluding tert-OH is 1. The molecule has 0 amide bonds. The van der Waals surface area contributed by atoms with Gasteiger partial charge >= 0.3 is 0 Å². The molecule has 0 radical (unpaired) electrons. The summed E-state index contributed by atoms with van der Waals surface area (Å²) < 4.78 is 7.54. The number of rotatable bonds is 6. The molecule has 0 aliphatic carbocycles. The maximum atomic E-state index is 9.13. The average molecular weight is 326 g/mol. The van der Waals surface area contributed by atoms with Crippen molar-refractivity contribution in [3.05, 3.63) is 41.9 Å². The highest BCUT2D eigenvalue weighted by molar-refractivity contribution is 5.93. The zero-order valence-electron chi connectivity index (χ0n) is 14.2. The first-order valence-electron chi connectivity index (χ1n) is 7.98. The van der Waals surface area contributed by atoms with E-state index in [4.69, 9.17) is 9.84 Å². The molecule has 2 N–H and O–H groups in total. The molecule has 0 saturated heterocycles. The van der Waals surface area contributed by atoms with Crippen molar-refractivity contribution in [2.45, 2.75) is 26.8 Å². The predicted molar refractivity (Wildman–Crippen MR) is 95.0 cm³/mol. The monoisotopic (exact) mass is 326 g/mol. The molecule has 3 aromatic rings. The van der Waals surface area contributed by atoms with Crippen molar-refractivity contribution in [2.24, 2.45) is 0 Å². The topological polar surface area (TPSA) is 72.2 Å². The number of benzene rings is 1. The van der Waals surface area contributed by atoms with Crippen LogP contribution in [-0.2, 0) is 6.54 Å². The predicted octanol–water partition coefficient (Wildman–Crippen LogP) is 3.18. The van der Waals surface area contributed by atoms with E-state index in [1.165, 1.54) is 0 Å². The molecule has 0 bridgehead atoms. The summed E-state index contributed by atoms with van der Waals surface area (Å²) in [5, 5.41) is 13.5. The fourth-order valence-electron chi connectivity index (χ4n) is 2.94. The largest absolute Gasteiger partial charge is 0.495 e. The zero-order valence-corrected chi connectivity index (χ0v) is 14.2. The van der Waals surface area contributed by atoms with Crippen LogP contribution in [0, 0.1) is 13.8 Å². The van der Waals surface area contributed by atoms with Gasteiger partial charge in [-0.25, -0.2) is 9.97 Å². The first-order valence-corrected chi connectivity index (χ1v) is 7.98. The number of para-hydroxylation sites is 2. The molecule has 24 heavy (non-hydrogen) atoms. The first-order chi connectivity index (χ1) is 11.7. The van der Waals surface area contributed by atoms with Crippen LogP contribution in [0.25, 0.3) is 11.0 Å². The van der Waals surface area contributed by atoms with E-state index >= 15 is 0 Å². The van der Waals surface area contributed by atoms with Crippen LogP contribution in [0.5, 0.6) is 5.75 Å². The van der Waals surface area contributed by atoms with Crippen molar-refractivity contribution in [3.63, 3.8) is 0 Å². The van der Waals surface area contributed by atoms with Crippen LogP contribution >= 0.6 is 0 Å². The standard InChI is InChI=1S/C18H22N4O2/c1-12-13(2)22(9-6-10-23)18-16(12)17(19-11-20-18)21-14-7-4-5-8-15(14)24-3/h4-5,7-8,11,23H,6,9-10H2,1-3H3,(H,19,20,21). The fourth-order valence-corrected chi connectivity index (χ4v) is 2.94. The van der Waals surface area contributed by atoms with Crippen molar-refractivity contribution < 1.29 is 9.84 Å². The van der Waals surface area contributed by atoms with Crippen LogP contribution in [0.1, 0.15) is 17.7 Å². The molecular formula is C18H22N4O2. The Morgan fingerprint density at radius 3 is 2.75 bits per heavy atom. The number of nitrogens with zero attached hydrogens (tertiary/aromatic N) is 3.